The lowest BCUT2D eigenvalue weighted by Gasteiger charge is -2.23. The number of fused-ring (bicyclic) bond motifs is 1. The van der Waals surface area contributed by atoms with E-state index in [0.29, 0.717) is 17.3 Å². The van der Waals surface area contributed by atoms with E-state index in [4.69, 9.17) is 4.74 Å². The molecule has 1 amide bonds. The van der Waals surface area contributed by atoms with Crippen LogP contribution < -0.4 is 0 Å². The Labute approximate surface area is 155 Å². The number of aliphatic imine (C=N–C) groups is 1. The maximum absolute atomic E-state index is 12.7. The van der Waals surface area contributed by atoms with Crippen molar-refractivity contribution in [3.8, 4) is 0 Å². The SMILES string of the molecule is CCCCCOC1CCC(=NC(=O)c2ccn3c(C)cc(C)nc23)CC1. The second-order valence-electron chi connectivity index (χ2n) is 7.22. The zero-order valence-electron chi connectivity index (χ0n) is 16.1. The van der Waals surface area contributed by atoms with Gasteiger partial charge in [-0.05, 0) is 58.1 Å². The van der Waals surface area contributed by atoms with E-state index >= 15 is 0 Å². The highest BCUT2D eigenvalue weighted by Gasteiger charge is 2.20. The fraction of sp³-hybridized carbons (Fsp3) is 0.571. The van der Waals surface area contributed by atoms with Crippen LogP contribution in [0.25, 0.3) is 5.65 Å². The van der Waals surface area contributed by atoms with Crippen LogP contribution in [-0.4, -0.2) is 33.7 Å². The topological polar surface area (TPSA) is 56.0 Å². The van der Waals surface area contributed by atoms with Gasteiger partial charge < -0.3 is 9.14 Å². The van der Waals surface area contributed by atoms with Crippen LogP contribution in [0.5, 0.6) is 0 Å². The predicted molar refractivity (Wildman–Crippen MR) is 104 cm³/mol. The Morgan fingerprint density at radius 3 is 2.81 bits per heavy atom. The zero-order valence-corrected chi connectivity index (χ0v) is 16.1. The summed E-state index contributed by atoms with van der Waals surface area (Å²) in [5.41, 5.74) is 4.26. The van der Waals surface area contributed by atoms with Crippen molar-refractivity contribution in [1.82, 2.24) is 9.38 Å². The molecule has 0 N–H and O–H groups in total. The van der Waals surface area contributed by atoms with Crippen LogP contribution in [0.3, 0.4) is 0 Å². The number of aromatic nitrogens is 2. The third-order valence-electron chi connectivity index (χ3n) is 5.04. The van der Waals surface area contributed by atoms with E-state index in [1.54, 1.807) is 0 Å². The zero-order chi connectivity index (χ0) is 18.5. The molecule has 2 aromatic heterocycles. The minimum Gasteiger partial charge on any atom is -0.378 e. The fourth-order valence-electron chi connectivity index (χ4n) is 3.57. The molecule has 2 aromatic rings. The van der Waals surface area contributed by atoms with Crippen molar-refractivity contribution in [2.75, 3.05) is 6.61 Å². The molecular weight excluding hydrogens is 326 g/mol. The molecule has 0 spiro atoms. The summed E-state index contributed by atoms with van der Waals surface area (Å²) in [6.07, 6.45) is 9.43. The first-order valence-corrected chi connectivity index (χ1v) is 9.76. The Kier molecular flexibility index (Phi) is 6.20. The van der Waals surface area contributed by atoms with Gasteiger partial charge in [0.2, 0.25) is 0 Å². The van der Waals surface area contributed by atoms with Crippen LogP contribution in [-0.2, 0) is 4.74 Å². The van der Waals surface area contributed by atoms with Crippen molar-refractivity contribution in [2.45, 2.75) is 71.8 Å². The molecule has 1 aliphatic carbocycles. The van der Waals surface area contributed by atoms with Crippen molar-refractivity contribution in [3.63, 3.8) is 0 Å². The number of aryl methyl sites for hydroxylation is 2. The summed E-state index contributed by atoms with van der Waals surface area (Å²) >= 11 is 0. The number of carbonyl (C=O) groups is 1. The van der Waals surface area contributed by atoms with Crippen LogP contribution in [0.15, 0.2) is 23.3 Å². The number of ether oxygens (including phenoxy) is 1. The summed E-state index contributed by atoms with van der Waals surface area (Å²) in [5.74, 6) is -0.178. The van der Waals surface area contributed by atoms with Crippen LogP contribution in [0, 0.1) is 13.8 Å². The molecular formula is C21H29N3O2. The van der Waals surface area contributed by atoms with Gasteiger partial charge in [0.25, 0.3) is 5.91 Å². The van der Waals surface area contributed by atoms with Gasteiger partial charge in [-0.2, -0.15) is 0 Å². The molecule has 1 fully saturated rings. The number of amides is 1. The maximum Gasteiger partial charge on any atom is 0.280 e. The minimum atomic E-state index is -0.178. The van der Waals surface area contributed by atoms with E-state index in [1.165, 1.54) is 12.8 Å². The molecule has 2 heterocycles. The number of hydrogen-bond acceptors (Lipinski definition) is 3. The Balaban J connectivity index is 1.62. The molecule has 5 nitrogen and oxygen atoms in total. The third-order valence-corrected chi connectivity index (χ3v) is 5.04. The average Bonchev–Trinajstić information content (AvgIpc) is 3.04. The molecule has 5 heteroatoms. The average molecular weight is 355 g/mol. The Hall–Kier alpha value is -2.01. The molecule has 0 aliphatic heterocycles. The highest BCUT2D eigenvalue weighted by molar-refractivity contribution is 6.07. The van der Waals surface area contributed by atoms with Crippen LogP contribution in [0.4, 0.5) is 0 Å². The summed E-state index contributed by atoms with van der Waals surface area (Å²) in [4.78, 5) is 21.6. The van der Waals surface area contributed by atoms with Crippen LogP contribution in [0.2, 0.25) is 0 Å². The monoisotopic (exact) mass is 355 g/mol. The normalized spacial score (nSPS) is 17.7. The van der Waals surface area contributed by atoms with Crippen molar-refractivity contribution in [3.05, 3.63) is 35.3 Å². The molecule has 0 aromatic carbocycles. The smallest absolute Gasteiger partial charge is 0.280 e. The van der Waals surface area contributed by atoms with Gasteiger partial charge in [-0.3, -0.25) is 4.79 Å². The molecule has 26 heavy (non-hydrogen) atoms. The van der Waals surface area contributed by atoms with Gasteiger partial charge in [0, 0.05) is 29.9 Å². The summed E-state index contributed by atoms with van der Waals surface area (Å²) in [7, 11) is 0. The van der Waals surface area contributed by atoms with Crippen molar-refractivity contribution in [1.29, 1.82) is 0 Å². The van der Waals surface area contributed by atoms with E-state index in [1.807, 2.05) is 36.6 Å². The molecule has 140 valence electrons. The summed E-state index contributed by atoms with van der Waals surface area (Å²) in [6, 6.07) is 3.83. The number of hydrogen-bond donors (Lipinski definition) is 0. The number of unbranched alkanes of at least 4 members (excludes halogenated alkanes) is 2. The lowest BCUT2D eigenvalue weighted by Crippen LogP contribution is -2.22. The van der Waals surface area contributed by atoms with E-state index in [0.717, 1.165) is 55.8 Å². The van der Waals surface area contributed by atoms with E-state index in [-0.39, 0.29) is 5.91 Å². The molecule has 3 rings (SSSR count). The van der Waals surface area contributed by atoms with Crippen LogP contribution >= 0.6 is 0 Å². The Morgan fingerprint density at radius 1 is 1.31 bits per heavy atom. The van der Waals surface area contributed by atoms with Crippen LogP contribution in [0.1, 0.15) is 73.6 Å². The first kappa shape index (κ1) is 18.8. The standard InChI is InChI=1S/C21H29N3O2/c1-4-5-6-13-26-18-9-7-17(8-10-18)23-21(25)19-11-12-24-16(3)14-15(2)22-20(19)24/h11-12,14,18H,4-10,13H2,1-3H3. The summed E-state index contributed by atoms with van der Waals surface area (Å²) < 4.78 is 7.89. The first-order chi connectivity index (χ1) is 12.6. The second-order valence-corrected chi connectivity index (χ2v) is 7.22. The highest BCUT2D eigenvalue weighted by Crippen LogP contribution is 2.21. The number of nitrogens with zero attached hydrogens (tertiary/aromatic N) is 3. The van der Waals surface area contributed by atoms with Gasteiger partial charge >= 0.3 is 0 Å². The lowest BCUT2D eigenvalue weighted by atomic mass is 9.95. The predicted octanol–water partition coefficient (Wildman–Crippen LogP) is 4.68. The maximum atomic E-state index is 12.7. The lowest BCUT2D eigenvalue weighted by molar-refractivity contribution is 0.0379. The van der Waals surface area contributed by atoms with Gasteiger partial charge in [-0.15, -0.1) is 0 Å². The van der Waals surface area contributed by atoms with Gasteiger partial charge in [-0.25, -0.2) is 9.98 Å². The summed E-state index contributed by atoms with van der Waals surface area (Å²) in [5, 5.41) is 0. The third kappa shape index (κ3) is 4.39. The van der Waals surface area contributed by atoms with Crippen molar-refractivity contribution >= 4 is 17.3 Å². The molecule has 1 saturated carbocycles. The van der Waals surface area contributed by atoms with Gasteiger partial charge in [0.1, 0.15) is 5.65 Å². The molecule has 1 aliphatic rings. The van der Waals surface area contributed by atoms with E-state index in [2.05, 4.69) is 16.9 Å². The first-order valence-electron chi connectivity index (χ1n) is 9.76. The minimum absolute atomic E-state index is 0.178. The molecule has 0 unspecified atom stereocenters. The molecule has 0 saturated heterocycles. The quantitative estimate of drug-likeness (QED) is 0.707. The van der Waals surface area contributed by atoms with Gasteiger partial charge in [0.15, 0.2) is 0 Å². The van der Waals surface area contributed by atoms with E-state index in [9.17, 15) is 4.79 Å². The Bertz CT molecular complexity index is 797. The number of rotatable bonds is 6. The largest absolute Gasteiger partial charge is 0.378 e. The second kappa shape index (κ2) is 8.58. The molecule has 0 bridgehead atoms. The van der Waals surface area contributed by atoms with Gasteiger partial charge in [-0.1, -0.05) is 19.8 Å². The Morgan fingerprint density at radius 2 is 2.08 bits per heavy atom. The number of carbonyl (C=O) groups excluding carboxylic acids is 1. The fourth-order valence-corrected chi connectivity index (χ4v) is 3.57. The van der Waals surface area contributed by atoms with Crippen molar-refractivity contribution in [2.24, 2.45) is 4.99 Å². The molecule has 0 radical (unpaired) electrons. The van der Waals surface area contributed by atoms with Crippen molar-refractivity contribution < 1.29 is 9.53 Å². The highest BCUT2D eigenvalue weighted by atomic mass is 16.5. The molecule has 0 atom stereocenters. The summed E-state index contributed by atoms with van der Waals surface area (Å²) in [6.45, 7) is 7.02. The van der Waals surface area contributed by atoms with Gasteiger partial charge in [0.05, 0.1) is 11.7 Å². The van der Waals surface area contributed by atoms with E-state index < -0.39 is 0 Å².